The lowest BCUT2D eigenvalue weighted by Gasteiger charge is -2.27. The molecule has 3 nitrogen and oxygen atoms in total. The molecule has 3 heteroatoms. The Balaban J connectivity index is 1.84. The molecule has 2 rings (SSSR count). The number of aryl methyl sites for hydroxylation is 1. The third-order valence-corrected chi connectivity index (χ3v) is 5.80. The average molecular weight is 360 g/mol. The van der Waals surface area contributed by atoms with Crippen LogP contribution in [-0.4, -0.2) is 35.4 Å². The number of aromatic hydroxyl groups is 1. The van der Waals surface area contributed by atoms with Gasteiger partial charge >= 0.3 is 0 Å². The molecule has 1 N–H and O–H groups in total. The Bertz CT molecular complexity index is 563. The van der Waals surface area contributed by atoms with Crippen molar-refractivity contribution in [3.8, 4) is 5.75 Å². The van der Waals surface area contributed by atoms with Gasteiger partial charge in [-0.2, -0.15) is 0 Å². The van der Waals surface area contributed by atoms with Crippen molar-refractivity contribution in [1.82, 2.24) is 4.90 Å². The summed E-state index contributed by atoms with van der Waals surface area (Å²) < 4.78 is 0. The molecule has 0 aliphatic heterocycles. The molecule has 1 aromatic carbocycles. The van der Waals surface area contributed by atoms with Crippen molar-refractivity contribution in [2.45, 2.75) is 78.1 Å². The van der Waals surface area contributed by atoms with Crippen LogP contribution in [0.1, 0.15) is 82.3 Å². The van der Waals surface area contributed by atoms with E-state index in [0.29, 0.717) is 29.8 Å². The first-order chi connectivity index (χ1) is 12.5. The van der Waals surface area contributed by atoms with Crippen molar-refractivity contribution in [3.63, 3.8) is 0 Å². The van der Waals surface area contributed by atoms with Crippen LogP contribution in [0.2, 0.25) is 0 Å². The zero-order valence-electron chi connectivity index (χ0n) is 17.0. The topological polar surface area (TPSA) is 40.5 Å². The van der Waals surface area contributed by atoms with Crippen LogP contribution in [0.5, 0.6) is 5.75 Å². The van der Waals surface area contributed by atoms with Gasteiger partial charge in [-0.3, -0.25) is 4.79 Å². The van der Waals surface area contributed by atoms with Crippen LogP contribution < -0.4 is 0 Å². The molecule has 0 radical (unpaired) electrons. The number of nitrogens with zero attached hydrogens (tertiary/aromatic N) is 1. The number of carbonyl (C=O) groups excluding carboxylic acids is 1. The molecule has 146 valence electrons. The third-order valence-electron chi connectivity index (χ3n) is 5.80. The number of benzene rings is 1. The molecule has 1 aromatic rings. The number of phenolic OH excluding ortho intramolecular Hbond substituents is 1. The molecule has 1 fully saturated rings. The minimum absolute atomic E-state index is 0.331. The Morgan fingerprint density at radius 1 is 1.23 bits per heavy atom. The van der Waals surface area contributed by atoms with Gasteiger partial charge in [0.25, 0.3) is 0 Å². The standard InChI is InChI=1S/C23H37NO2/c1-4-13-24(14-12-22(26)16-20-8-6-5-7-9-20)17-19(3)23-11-10-21(25)15-18(23)2/h10-11,15,19-20,25H,4-9,12-14,16-17H2,1-3H3. The van der Waals surface area contributed by atoms with Gasteiger partial charge in [0, 0.05) is 25.9 Å². The highest BCUT2D eigenvalue weighted by Crippen LogP contribution is 2.27. The summed E-state index contributed by atoms with van der Waals surface area (Å²) in [5, 5.41) is 9.62. The van der Waals surface area contributed by atoms with Gasteiger partial charge in [-0.1, -0.05) is 52.0 Å². The summed E-state index contributed by atoms with van der Waals surface area (Å²) in [5.41, 5.74) is 2.43. The minimum atomic E-state index is 0.331. The van der Waals surface area contributed by atoms with Gasteiger partial charge in [-0.15, -0.1) is 0 Å². The Morgan fingerprint density at radius 2 is 1.96 bits per heavy atom. The van der Waals surface area contributed by atoms with Crippen LogP contribution in [0.3, 0.4) is 0 Å². The molecular formula is C23H37NO2. The maximum absolute atomic E-state index is 12.4. The quantitative estimate of drug-likeness (QED) is 0.604. The molecular weight excluding hydrogens is 322 g/mol. The maximum Gasteiger partial charge on any atom is 0.134 e. The number of hydrogen-bond acceptors (Lipinski definition) is 3. The van der Waals surface area contributed by atoms with Gasteiger partial charge in [0.1, 0.15) is 11.5 Å². The fourth-order valence-electron chi connectivity index (χ4n) is 4.41. The predicted molar refractivity (Wildman–Crippen MR) is 109 cm³/mol. The second-order valence-corrected chi connectivity index (χ2v) is 8.24. The van der Waals surface area contributed by atoms with E-state index in [1.54, 1.807) is 6.07 Å². The maximum atomic E-state index is 12.4. The summed E-state index contributed by atoms with van der Waals surface area (Å²) in [4.78, 5) is 14.9. The molecule has 0 amide bonds. The van der Waals surface area contributed by atoms with E-state index in [-0.39, 0.29) is 0 Å². The van der Waals surface area contributed by atoms with E-state index < -0.39 is 0 Å². The average Bonchev–Trinajstić information content (AvgIpc) is 2.60. The van der Waals surface area contributed by atoms with E-state index in [1.165, 1.54) is 37.7 Å². The molecule has 1 aliphatic rings. The first-order valence-corrected chi connectivity index (χ1v) is 10.5. The molecule has 0 bridgehead atoms. The Kier molecular flexibility index (Phi) is 8.64. The number of phenols is 1. The summed E-state index contributed by atoms with van der Waals surface area (Å²) in [6.07, 6.45) is 9.07. The largest absolute Gasteiger partial charge is 0.508 e. The molecule has 0 saturated heterocycles. The molecule has 0 heterocycles. The van der Waals surface area contributed by atoms with Crippen LogP contribution in [0.4, 0.5) is 0 Å². The van der Waals surface area contributed by atoms with E-state index in [2.05, 4.69) is 25.7 Å². The Morgan fingerprint density at radius 3 is 2.62 bits per heavy atom. The number of Topliss-reactive ketones (excluding diaryl/α,β-unsaturated/α-hetero) is 1. The lowest BCUT2D eigenvalue weighted by molar-refractivity contribution is -0.120. The van der Waals surface area contributed by atoms with E-state index in [4.69, 9.17) is 0 Å². The number of ketones is 1. The van der Waals surface area contributed by atoms with Gasteiger partial charge in [0.2, 0.25) is 0 Å². The lowest BCUT2D eigenvalue weighted by Crippen LogP contribution is -2.31. The molecule has 0 spiro atoms. The van der Waals surface area contributed by atoms with Crippen molar-refractivity contribution in [2.24, 2.45) is 5.92 Å². The van der Waals surface area contributed by atoms with E-state index in [0.717, 1.165) is 38.0 Å². The molecule has 0 aromatic heterocycles. The first kappa shape index (κ1) is 21.0. The SMILES string of the molecule is CCCN(CCC(=O)CC1CCCCC1)CC(C)c1ccc(O)cc1C. The zero-order valence-corrected chi connectivity index (χ0v) is 17.0. The minimum Gasteiger partial charge on any atom is -0.508 e. The van der Waals surface area contributed by atoms with E-state index >= 15 is 0 Å². The van der Waals surface area contributed by atoms with Crippen molar-refractivity contribution in [2.75, 3.05) is 19.6 Å². The van der Waals surface area contributed by atoms with Crippen LogP contribution in [0.15, 0.2) is 18.2 Å². The fourth-order valence-corrected chi connectivity index (χ4v) is 4.41. The van der Waals surface area contributed by atoms with Crippen molar-refractivity contribution in [3.05, 3.63) is 29.3 Å². The van der Waals surface area contributed by atoms with Gasteiger partial charge in [-0.05, 0) is 55.0 Å². The van der Waals surface area contributed by atoms with Crippen molar-refractivity contribution in [1.29, 1.82) is 0 Å². The van der Waals surface area contributed by atoms with Crippen LogP contribution in [0.25, 0.3) is 0 Å². The van der Waals surface area contributed by atoms with Gasteiger partial charge in [0.15, 0.2) is 0 Å². The summed E-state index contributed by atoms with van der Waals surface area (Å²) >= 11 is 0. The van der Waals surface area contributed by atoms with Crippen molar-refractivity contribution >= 4 is 5.78 Å². The summed E-state index contributed by atoms with van der Waals surface area (Å²) in [6.45, 7) is 9.39. The monoisotopic (exact) mass is 359 g/mol. The Labute approximate surface area is 159 Å². The molecule has 1 aliphatic carbocycles. The highest BCUT2D eigenvalue weighted by Gasteiger charge is 2.19. The predicted octanol–water partition coefficient (Wildman–Crippen LogP) is 5.45. The summed E-state index contributed by atoms with van der Waals surface area (Å²) in [7, 11) is 0. The van der Waals surface area contributed by atoms with E-state index in [9.17, 15) is 9.90 Å². The van der Waals surface area contributed by atoms with Crippen molar-refractivity contribution < 1.29 is 9.90 Å². The van der Waals surface area contributed by atoms with Crippen LogP contribution in [0, 0.1) is 12.8 Å². The lowest BCUT2D eigenvalue weighted by atomic mass is 9.85. The Hall–Kier alpha value is -1.35. The number of rotatable bonds is 10. The van der Waals surface area contributed by atoms with E-state index in [1.807, 2.05) is 12.1 Å². The van der Waals surface area contributed by atoms with Gasteiger partial charge < -0.3 is 10.0 Å². The highest BCUT2D eigenvalue weighted by atomic mass is 16.3. The molecule has 1 atom stereocenters. The first-order valence-electron chi connectivity index (χ1n) is 10.5. The second-order valence-electron chi connectivity index (χ2n) is 8.24. The van der Waals surface area contributed by atoms with Gasteiger partial charge in [-0.25, -0.2) is 0 Å². The smallest absolute Gasteiger partial charge is 0.134 e. The fraction of sp³-hybridized carbons (Fsp3) is 0.696. The molecule has 1 unspecified atom stereocenters. The number of carbonyl (C=O) groups is 1. The molecule has 1 saturated carbocycles. The summed E-state index contributed by atoms with van der Waals surface area (Å²) in [5.74, 6) is 1.83. The second kappa shape index (κ2) is 10.7. The highest BCUT2D eigenvalue weighted by molar-refractivity contribution is 5.78. The zero-order chi connectivity index (χ0) is 18.9. The van der Waals surface area contributed by atoms with Crippen LogP contribution in [-0.2, 0) is 4.79 Å². The third kappa shape index (κ3) is 6.75. The normalized spacial score (nSPS) is 16.8. The summed E-state index contributed by atoms with van der Waals surface area (Å²) in [6, 6.07) is 5.65. The number of hydrogen-bond donors (Lipinski definition) is 1. The molecule has 26 heavy (non-hydrogen) atoms. The van der Waals surface area contributed by atoms with Gasteiger partial charge in [0.05, 0.1) is 0 Å². The van der Waals surface area contributed by atoms with Crippen LogP contribution >= 0.6 is 0 Å².